The summed E-state index contributed by atoms with van der Waals surface area (Å²) in [5, 5.41) is 7.15. The Morgan fingerprint density at radius 3 is 2.35 bits per heavy atom. The highest BCUT2D eigenvalue weighted by molar-refractivity contribution is 7.80. The van der Waals surface area contributed by atoms with Crippen LogP contribution in [0, 0.1) is 0 Å². The van der Waals surface area contributed by atoms with E-state index in [1.165, 1.54) is 11.1 Å². The fourth-order valence-corrected chi connectivity index (χ4v) is 2.38. The summed E-state index contributed by atoms with van der Waals surface area (Å²) in [5.41, 5.74) is 3.60. The van der Waals surface area contributed by atoms with Crippen molar-refractivity contribution in [3.8, 4) is 0 Å². The molecule has 0 atom stereocenters. The van der Waals surface area contributed by atoms with Gasteiger partial charge < -0.3 is 10.6 Å². The fourth-order valence-electron chi connectivity index (χ4n) is 2.03. The highest BCUT2D eigenvalue weighted by Crippen LogP contribution is 2.19. The molecule has 0 aliphatic heterocycles. The van der Waals surface area contributed by atoms with Gasteiger partial charge in [0.1, 0.15) is 0 Å². The monoisotopic (exact) mass is 284 g/mol. The van der Waals surface area contributed by atoms with Gasteiger partial charge in [0.25, 0.3) is 0 Å². The van der Waals surface area contributed by atoms with Crippen molar-refractivity contribution >= 4 is 23.0 Å². The van der Waals surface area contributed by atoms with Crippen molar-refractivity contribution in [2.75, 3.05) is 5.32 Å². The molecular formula is C17H20N2S. The largest absolute Gasteiger partial charge is 0.360 e. The molecule has 20 heavy (non-hydrogen) atoms. The summed E-state index contributed by atoms with van der Waals surface area (Å²) in [6.45, 7) is 4.15. The molecule has 0 fully saturated rings. The van der Waals surface area contributed by atoms with Crippen molar-refractivity contribution < 1.29 is 0 Å². The SMILES string of the molecule is CC(C)NC(=S)Nc1ccccc1Cc1ccccc1. The van der Waals surface area contributed by atoms with E-state index in [1.807, 2.05) is 12.1 Å². The molecule has 0 saturated heterocycles. The molecular weight excluding hydrogens is 264 g/mol. The van der Waals surface area contributed by atoms with Gasteiger partial charge in [-0.25, -0.2) is 0 Å². The van der Waals surface area contributed by atoms with E-state index in [-0.39, 0.29) is 0 Å². The molecule has 2 aromatic rings. The summed E-state index contributed by atoms with van der Waals surface area (Å²) in [4.78, 5) is 0. The number of anilines is 1. The zero-order valence-electron chi connectivity index (χ0n) is 11.9. The summed E-state index contributed by atoms with van der Waals surface area (Å²) < 4.78 is 0. The van der Waals surface area contributed by atoms with Crippen LogP contribution in [-0.4, -0.2) is 11.2 Å². The zero-order chi connectivity index (χ0) is 14.4. The van der Waals surface area contributed by atoms with Crippen molar-refractivity contribution in [2.45, 2.75) is 26.3 Å². The Morgan fingerprint density at radius 2 is 1.65 bits per heavy atom. The van der Waals surface area contributed by atoms with E-state index >= 15 is 0 Å². The van der Waals surface area contributed by atoms with Gasteiger partial charge >= 0.3 is 0 Å². The molecule has 0 saturated carbocycles. The summed E-state index contributed by atoms with van der Waals surface area (Å²) in [6.07, 6.45) is 0.897. The maximum Gasteiger partial charge on any atom is 0.170 e. The third-order valence-corrected chi connectivity index (χ3v) is 3.14. The van der Waals surface area contributed by atoms with Crippen LogP contribution in [0.5, 0.6) is 0 Å². The van der Waals surface area contributed by atoms with Gasteiger partial charge in [-0.05, 0) is 49.7 Å². The minimum atomic E-state index is 0.330. The average Bonchev–Trinajstić information content (AvgIpc) is 2.41. The first-order valence-corrected chi connectivity index (χ1v) is 7.25. The molecule has 0 radical (unpaired) electrons. The molecule has 0 unspecified atom stereocenters. The van der Waals surface area contributed by atoms with Crippen molar-refractivity contribution in [1.29, 1.82) is 0 Å². The van der Waals surface area contributed by atoms with Gasteiger partial charge in [0.05, 0.1) is 0 Å². The lowest BCUT2D eigenvalue weighted by Gasteiger charge is -2.16. The Labute approximate surface area is 126 Å². The molecule has 104 valence electrons. The summed E-state index contributed by atoms with van der Waals surface area (Å²) in [5.74, 6) is 0. The predicted molar refractivity (Wildman–Crippen MR) is 90.2 cm³/mol. The maximum absolute atomic E-state index is 5.31. The Bertz CT molecular complexity index is 564. The molecule has 2 nitrogen and oxygen atoms in total. The number of thiocarbonyl (C=S) groups is 1. The second kappa shape index (κ2) is 7.06. The van der Waals surface area contributed by atoms with Crippen LogP contribution >= 0.6 is 12.2 Å². The van der Waals surface area contributed by atoms with E-state index in [1.54, 1.807) is 0 Å². The summed E-state index contributed by atoms with van der Waals surface area (Å²) in [7, 11) is 0. The predicted octanol–water partition coefficient (Wildman–Crippen LogP) is 3.97. The first kappa shape index (κ1) is 14.5. The molecule has 2 N–H and O–H groups in total. The van der Waals surface area contributed by atoms with Gasteiger partial charge in [-0.1, -0.05) is 48.5 Å². The third-order valence-electron chi connectivity index (χ3n) is 2.92. The first-order chi connectivity index (χ1) is 9.65. The molecule has 0 bridgehead atoms. The number of hydrogen-bond acceptors (Lipinski definition) is 1. The van der Waals surface area contributed by atoms with Crippen molar-refractivity contribution in [3.05, 3.63) is 65.7 Å². The van der Waals surface area contributed by atoms with Crippen LogP contribution in [0.4, 0.5) is 5.69 Å². The van der Waals surface area contributed by atoms with Crippen LogP contribution in [0.2, 0.25) is 0 Å². The van der Waals surface area contributed by atoms with E-state index in [9.17, 15) is 0 Å². The molecule has 0 heterocycles. The van der Waals surface area contributed by atoms with Gasteiger partial charge in [0.15, 0.2) is 5.11 Å². The molecule has 0 aliphatic rings. The second-order valence-corrected chi connectivity index (χ2v) is 5.48. The number of rotatable bonds is 4. The van der Waals surface area contributed by atoms with Crippen LogP contribution < -0.4 is 10.6 Å². The van der Waals surface area contributed by atoms with Crippen molar-refractivity contribution in [2.24, 2.45) is 0 Å². The van der Waals surface area contributed by atoms with Crippen LogP contribution in [-0.2, 0) is 6.42 Å². The van der Waals surface area contributed by atoms with Crippen LogP contribution in [0.15, 0.2) is 54.6 Å². The fraction of sp³-hybridized carbons (Fsp3) is 0.235. The molecule has 0 aliphatic carbocycles. The lowest BCUT2D eigenvalue weighted by atomic mass is 10.0. The molecule has 2 aromatic carbocycles. The molecule has 0 amide bonds. The van der Waals surface area contributed by atoms with E-state index < -0.39 is 0 Å². The smallest absolute Gasteiger partial charge is 0.170 e. The standard InChI is InChI=1S/C17H20N2S/c1-13(2)18-17(20)19-16-11-7-6-10-15(16)12-14-8-4-3-5-9-14/h3-11,13H,12H2,1-2H3,(H2,18,19,20). The average molecular weight is 284 g/mol. The van der Waals surface area contributed by atoms with Crippen LogP contribution in [0.1, 0.15) is 25.0 Å². The normalized spacial score (nSPS) is 10.3. The number of benzene rings is 2. The maximum atomic E-state index is 5.31. The van der Waals surface area contributed by atoms with Crippen molar-refractivity contribution in [3.63, 3.8) is 0 Å². The Kier molecular flexibility index (Phi) is 5.13. The lowest BCUT2D eigenvalue weighted by molar-refractivity contribution is 0.739. The number of para-hydroxylation sites is 1. The molecule has 3 heteroatoms. The van der Waals surface area contributed by atoms with E-state index in [0.717, 1.165) is 12.1 Å². The number of nitrogens with one attached hydrogen (secondary N) is 2. The lowest BCUT2D eigenvalue weighted by Crippen LogP contribution is -2.34. The quantitative estimate of drug-likeness (QED) is 0.831. The minimum absolute atomic E-state index is 0.330. The van der Waals surface area contributed by atoms with Gasteiger partial charge in [-0.3, -0.25) is 0 Å². The minimum Gasteiger partial charge on any atom is -0.360 e. The Morgan fingerprint density at radius 1 is 1.00 bits per heavy atom. The summed E-state index contributed by atoms with van der Waals surface area (Å²) in [6, 6.07) is 19.1. The Hall–Kier alpha value is -1.87. The molecule has 0 aromatic heterocycles. The topological polar surface area (TPSA) is 24.1 Å². The van der Waals surface area contributed by atoms with E-state index in [0.29, 0.717) is 11.2 Å². The second-order valence-electron chi connectivity index (χ2n) is 5.07. The van der Waals surface area contributed by atoms with Gasteiger partial charge in [-0.15, -0.1) is 0 Å². The van der Waals surface area contributed by atoms with Gasteiger partial charge in [0, 0.05) is 11.7 Å². The Balaban J connectivity index is 2.12. The first-order valence-electron chi connectivity index (χ1n) is 6.84. The number of hydrogen-bond donors (Lipinski definition) is 2. The van der Waals surface area contributed by atoms with Gasteiger partial charge in [-0.2, -0.15) is 0 Å². The third kappa shape index (κ3) is 4.35. The van der Waals surface area contributed by atoms with E-state index in [4.69, 9.17) is 12.2 Å². The van der Waals surface area contributed by atoms with Crippen molar-refractivity contribution in [1.82, 2.24) is 5.32 Å². The highest BCUT2D eigenvalue weighted by Gasteiger charge is 2.05. The van der Waals surface area contributed by atoms with Gasteiger partial charge in [0.2, 0.25) is 0 Å². The summed E-state index contributed by atoms with van der Waals surface area (Å²) >= 11 is 5.31. The molecule has 2 rings (SSSR count). The van der Waals surface area contributed by atoms with Crippen LogP contribution in [0.25, 0.3) is 0 Å². The highest BCUT2D eigenvalue weighted by atomic mass is 32.1. The zero-order valence-corrected chi connectivity index (χ0v) is 12.7. The van der Waals surface area contributed by atoms with Crippen LogP contribution in [0.3, 0.4) is 0 Å². The van der Waals surface area contributed by atoms with E-state index in [2.05, 4.69) is 66.9 Å². The molecule has 0 spiro atoms.